The minimum atomic E-state index is -0.696. The molecule has 0 N–H and O–H groups in total. The van der Waals surface area contributed by atoms with Crippen molar-refractivity contribution < 1.29 is 19.1 Å². The molecule has 0 atom stereocenters. The van der Waals surface area contributed by atoms with E-state index >= 15 is 0 Å². The van der Waals surface area contributed by atoms with Gasteiger partial charge in [-0.2, -0.15) is 0 Å². The van der Waals surface area contributed by atoms with Gasteiger partial charge in [0.25, 0.3) is 0 Å². The number of benzene rings is 1. The van der Waals surface area contributed by atoms with Crippen LogP contribution in [0, 0.1) is 0 Å². The van der Waals surface area contributed by atoms with Crippen LogP contribution in [0.25, 0.3) is 0 Å². The zero-order valence-corrected chi connectivity index (χ0v) is 12.1. The normalized spacial score (nSPS) is 9.86. The van der Waals surface area contributed by atoms with Gasteiger partial charge in [-0.3, -0.25) is 9.69 Å². The number of ether oxygens (including phenoxy) is 2. The first-order valence-electron chi connectivity index (χ1n) is 6.81. The average Bonchev–Trinajstić information content (AvgIpc) is 2.54. The third kappa shape index (κ3) is 4.31. The Morgan fingerprint density at radius 3 is 2.45 bits per heavy atom. The van der Waals surface area contributed by atoms with Crippen molar-refractivity contribution in [2.24, 2.45) is 0 Å². The fraction of sp³-hybridized carbons (Fsp3) is 0.188. The number of anilines is 1. The zero-order valence-electron chi connectivity index (χ0n) is 12.1. The lowest BCUT2D eigenvalue weighted by molar-refractivity contribution is -0.141. The zero-order chi connectivity index (χ0) is 15.8. The molecule has 1 aromatic heterocycles. The SMILES string of the molecule is CCOC(=O)CN(C(=O)Oc1ccccn1)c1ccccc1. The number of hydrogen-bond donors (Lipinski definition) is 0. The summed E-state index contributed by atoms with van der Waals surface area (Å²) in [6.45, 7) is 1.72. The highest BCUT2D eigenvalue weighted by Gasteiger charge is 2.22. The van der Waals surface area contributed by atoms with E-state index < -0.39 is 12.1 Å². The predicted molar refractivity (Wildman–Crippen MR) is 80.7 cm³/mol. The Kier molecular flexibility index (Phi) is 5.48. The molecule has 22 heavy (non-hydrogen) atoms. The van der Waals surface area contributed by atoms with Gasteiger partial charge in [0.15, 0.2) is 0 Å². The second kappa shape index (κ2) is 7.78. The summed E-state index contributed by atoms with van der Waals surface area (Å²) in [5, 5.41) is 0. The number of amides is 1. The minimum Gasteiger partial charge on any atom is -0.465 e. The van der Waals surface area contributed by atoms with Gasteiger partial charge in [0.2, 0.25) is 5.88 Å². The first-order valence-corrected chi connectivity index (χ1v) is 6.81. The van der Waals surface area contributed by atoms with Gasteiger partial charge in [0.05, 0.1) is 6.61 Å². The second-order valence-electron chi connectivity index (χ2n) is 4.26. The van der Waals surface area contributed by atoms with Crippen molar-refractivity contribution in [3.63, 3.8) is 0 Å². The van der Waals surface area contributed by atoms with Crippen LogP contribution in [0.5, 0.6) is 5.88 Å². The summed E-state index contributed by atoms with van der Waals surface area (Å²) in [5.41, 5.74) is 0.538. The Morgan fingerprint density at radius 2 is 1.82 bits per heavy atom. The van der Waals surface area contributed by atoms with Gasteiger partial charge >= 0.3 is 12.1 Å². The van der Waals surface area contributed by atoms with Gasteiger partial charge in [-0.15, -0.1) is 0 Å². The van der Waals surface area contributed by atoms with Crippen molar-refractivity contribution in [1.29, 1.82) is 0 Å². The van der Waals surface area contributed by atoms with Gasteiger partial charge in [0.1, 0.15) is 6.54 Å². The van der Waals surface area contributed by atoms with Crippen LogP contribution in [-0.4, -0.2) is 30.2 Å². The van der Waals surface area contributed by atoms with E-state index in [2.05, 4.69) is 4.98 Å². The summed E-state index contributed by atoms with van der Waals surface area (Å²) >= 11 is 0. The molecule has 114 valence electrons. The van der Waals surface area contributed by atoms with Crippen LogP contribution in [0.3, 0.4) is 0 Å². The maximum Gasteiger partial charge on any atom is 0.421 e. The van der Waals surface area contributed by atoms with Gasteiger partial charge in [-0.25, -0.2) is 9.78 Å². The average molecular weight is 300 g/mol. The van der Waals surface area contributed by atoms with Crippen molar-refractivity contribution in [3.05, 3.63) is 54.7 Å². The first-order chi connectivity index (χ1) is 10.7. The van der Waals surface area contributed by atoms with Crippen LogP contribution in [-0.2, 0) is 9.53 Å². The Balaban J connectivity index is 2.16. The number of pyridine rings is 1. The number of esters is 1. The van der Waals surface area contributed by atoms with E-state index in [1.165, 1.54) is 11.1 Å². The lowest BCUT2D eigenvalue weighted by Crippen LogP contribution is -2.38. The van der Waals surface area contributed by atoms with Crippen molar-refractivity contribution in [2.45, 2.75) is 6.92 Å². The van der Waals surface area contributed by atoms with Crippen molar-refractivity contribution in [3.8, 4) is 5.88 Å². The van der Waals surface area contributed by atoms with Crippen molar-refractivity contribution >= 4 is 17.7 Å². The monoisotopic (exact) mass is 300 g/mol. The Bertz CT molecular complexity index is 617. The van der Waals surface area contributed by atoms with Crippen molar-refractivity contribution in [2.75, 3.05) is 18.1 Å². The second-order valence-corrected chi connectivity index (χ2v) is 4.26. The van der Waals surface area contributed by atoms with Crippen LogP contribution in [0.1, 0.15) is 6.92 Å². The lowest BCUT2D eigenvalue weighted by atomic mass is 10.3. The molecule has 0 spiro atoms. The fourth-order valence-electron chi connectivity index (χ4n) is 1.76. The van der Waals surface area contributed by atoms with Crippen LogP contribution in [0.4, 0.5) is 10.5 Å². The highest BCUT2D eigenvalue weighted by molar-refractivity contribution is 5.94. The molecule has 1 amide bonds. The molecule has 2 aromatic rings. The quantitative estimate of drug-likeness (QED) is 0.794. The predicted octanol–water partition coefficient (Wildman–Crippen LogP) is 2.65. The molecule has 2 rings (SSSR count). The van der Waals surface area contributed by atoms with E-state index in [1.807, 2.05) is 6.07 Å². The number of rotatable bonds is 5. The summed E-state index contributed by atoms with van der Waals surface area (Å²) in [6, 6.07) is 13.7. The molecule has 0 aliphatic carbocycles. The number of nitrogens with zero attached hydrogens (tertiary/aromatic N) is 2. The molecule has 0 bridgehead atoms. The highest BCUT2D eigenvalue weighted by Crippen LogP contribution is 2.16. The molecule has 0 radical (unpaired) electrons. The first kappa shape index (κ1) is 15.5. The molecule has 1 aromatic carbocycles. The van der Waals surface area contributed by atoms with E-state index in [0.717, 1.165) is 0 Å². The summed E-state index contributed by atoms with van der Waals surface area (Å²) in [5.74, 6) is -0.346. The molecular weight excluding hydrogens is 284 g/mol. The molecule has 0 saturated heterocycles. The molecule has 0 aliphatic heterocycles. The van der Waals surface area contributed by atoms with E-state index in [1.54, 1.807) is 49.4 Å². The third-order valence-electron chi connectivity index (χ3n) is 2.71. The molecule has 0 saturated carbocycles. The van der Waals surface area contributed by atoms with E-state index in [0.29, 0.717) is 5.69 Å². The molecule has 6 nitrogen and oxygen atoms in total. The fourth-order valence-corrected chi connectivity index (χ4v) is 1.76. The Labute approximate surface area is 128 Å². The van der Waals surface area contributed by atoms with Crippen LogP contribution in [0.2, 0.25) is 0 Å². The standard InChI is InChI=1S/C16H16N2O4/c1-2-21-15(19)12-18(13-8-4-3-5-9-13)16(20)22-14-10-6-7-11-17-14/h3-11H,2,12H2,1H3. The largest absolute Gasteiger partial charge is 0.465 e. The van der Waals surface area contributed by atoms with Crippen LogP contribution >= 0.6 is 0 Å². The third-order valence-corrected chi connectivity index (χ3v) is 2.71. The minimum absolute atomic E-state index is 0.164. The number of hydrogen-bond acceptors (Lipinski definition) is 5. The van der Waals surface area contributed by atoms with Gasteiger partial charge in [-0.1, -0.05) is 24.3 Å². The number of carbonyl (C=O) groups excluding carboxylic acids is 2. The lowest BCUT2D eigenvalue weighted by Gasteiger charge is -2.20. The molecule has 0 aliphatic rings. The van der Waals surface area contributed by atoms with E-state index in [4.69, 9.17) is 9.47 Å². The van der Waals surface area contributed by atoms with E-state index in [-0.39, 0.29) is 19.0 Å². The van der Waals surface area contributed by atoms with Crippen LogP contribution < -0.4 is 9.64 Å². The van der Waals surface area contributed by atoms with Gasteiger partial charge < -0.3 is 9.47 Å². The number of carbonyl (C=O) groups is 2. The Morgan fingerprint density at radius 1 is 1.09 bits per heavy atom. The van der Waals surface area contributed by atoms with Crippen LogP contribution in [0.15, 0.2) is 54.7 Å². The molecule has 0 fully saturated rings. The topological polar surface area (TPSA) is 68.7 Å². The maximum absolute atomic E-state index is 12.3. The van der Waals surface area contributed by atoms with Gasteiger partial charge in [-0.05, 0) is 25.1 Å². The molecule has 0 unspecified atom stereocenters. The molecule has 1 heterocycles. The molecular formula is C16H16N2O4. The van der Waals surface area contributed by atoms with E-state index in [9.17, 15) is 9.59 Å². The van der Waals surface area contributed by atoms with Gasteiger partial charge in [0, 0.05) is 18.0 Å². The Hall–Kier alpha value is -2.89. The molecule has 6 heteroatoms. The number of para-hydroxylation sites is 1. The summed E-state index contributed by atoms with van der Waals surface area (Å²) in [6.07, 6.45) is 0.818. The summed E-state index contributed by atoms with van der Waals surface area (Å²) < 4.78 is 10.1. The number of aromatic nitrogens is 1. The van der Waals surface area contributed by atoms with Crippen molar-refractivity contribution in [1.82, 2.24) is 4.98 Å². The maximum atomic E-state index is 12.3. The summed E-state index contributed by atoms with van der Waals surface area (Å²) in [7, 11) is 0. The summed E-state index contributed by atoms with van der Waals surface area (Å²) in [4.78, 5) is 29.1. The smallest absolute Gasteiger partial charge is 0.421 e. The highest BCUT2D eigenvalue weighted by atomic mass is 16.6.